The fraction of sp³-hybridized carbons (Fsp3) is 0.435. The third kappa shape index (κ3) is 3.29. The zero-order valence-electron chi connectivity index (χ0n) is 16.6. The van der Waals surface area contributed by atoms with Crippen LogP contribution in [0.1, 0.15) is 36.5 Å². The van der Waals surface area contributed by atoms with Gasteiger partial charge in [0.1, 0.15) is 12.4 Å². The molecule has 0 radical (unpaired) electrons. The summed E-state index contributed by atoms with van der Waals surface area (Å²) in [4.78, 5) is 15.0. The minimum absolute atomic E-state index is 0.152. The van der Waals surface area contributed by atoms with E-state index in [9.17, 15) is 4.79 Å². The molecule has 2 aliphatic heterocycles. The molecule has 2 aromatic rings. The Kier molecular flexibility index (Phi) is 5.38. The second-order valence-corrected chi connectivity index (χ2v) is 7.34. The number of carbonyl (C=O) groups is 1. The first-order valence-electron chi connectivity index (χ1n) is 10.1. The Morgan fingerprint density at radius 2 is 1.93 bits per heavy atom. The SMILES string of the molecule is CCCCc1ccc2c(c1)C1(OCCO1)C(=O)N2CCOc1ccccc1C. The molecule has 4 rings (SSSR count). The molecule has 0 N–H and O–H groups in total. The van der Waals surface area contributed by atoms with Gasteiger partial charge in [-0.05, 0) is 49.1 Å². The number of anilines is 1. The van der Waals surface area contributed by atoms with E-state index in [1.807, 2.05) is 37.3 Å². The number of amides is 1. The molecule has 0 saturated carbocycles. The topological polar surface area (TPSA) is 48.0 Å². The normalized spacial score (nSPS) is 17.4. The number of fused-ring (bicyclic) bond motifs is 2. The van der Waals surface area contributed by atoms with Crippen LogP contribution >= 0.6 is 0 Å². The van der Waals surface area contributed by atoms with Crippen molar-refractivity contribution in [1.82, 2.24) is 0 Å². The van der Waals surface area contributed by atoms with E-state index in [-0.39, 0.29) is 5.91 Å². The molecule has 5 nitrogen and oxygen atoms in total. The minimum atomic E-state index is -1.28. The lowest BCUT2D eigenvalue weighted by Gasteiger charge is -2.22. The number of ether oxygens (including phenoxy) is 3. The Balaban J connectivity index is 1.55. The van der Waals surface area contributed by atoms with E-state index < -0.39 is 5.79 Å². The summed E-state index contributed by atoms with van der Waals surface area (Å²) in [5, 5.41) is 0. The molecule has 1 saturated heterocycles. The van der Waals surface area contributed by atoms with Crippen LogP contribution in [0.2, 0.25) is 0 Å². The van der Waals surface area contributed by atoms with Crippen LogP contribution in [0.25, 0.3) is 0 Å². The summed E-state index contributed by atoms with van der Waals surface area (Å²) >= 11 is 0. The molecule has 2 aromatic carbocycles. The number of nitrogens with zero attached hydrogens (tertiary/aromatic N) is 1. The molecular weight excluding hydrogens is 354 g/mol. The summed E-state index contributed by atoms with van der Waals surface area (Å²) in [5.41, 5.74) is 3.99. The van der Waals surface area contributed by atoms with Gasteiger partial charge in [0.05, 0.1) is 25.4 Å². The van der Waals surface area contributed by atoms with Gasteiger partial charge >= 0.3 is 0 Å². The second-order valence-electron chi connectivity index (χ2n) is 7.34. The molecule has 0 aliphatic carbocycles. The maximum atomic E-state index is 13.2. The van der Waals surface area contributed by atoms with Crippen LogP contribution in [0.5, 0.6) is 5.75 Å². The van der Waals surface area contributed by atoms with Gasteiger partial charge in [-0.1, -0.05) is 37.6 Å². The van der Waals surface area contributed by atoms with Crippen molar-refractivity contribution in [3.8, 4) is 5.75 Å². The average molecular weight is 381 g/mol. The monoisotopic (exact) mass is 381 g/mol. The van der Waals surface area contributed by atoms with E-state index >= 15 is 0 Å². The molecule has 0 bridgehead atoms. The highest BCUT2D eigenvalue weighted by molar-refractivity contribution is 6.06. The molecule has 1 fully saturated rings. The molecule has 0 unspecified atom stereocenters. The van der Waals surface area contributed by atoms with Crippen molar-refractivity contribution in [1.29, 1.82) is 0 Å². The van der Waals surface area contributed by atoms with Crippen LogP contribution in [-0.4, -0.2) is 32.3 Å². The van der Waals surface area contributed by atoms with Gasteiger partial charge in [0.25, 0.3) is 11.7 Å². The van der Waals surface area contributed by atoms with E-state index in [0.29, 0.717) is 26.4 Å². The predicted octanol–water partition coefficient (Wildman–Crippen LogP) is 3.96. The van der Waals surface area contributed by atoms with E-state index in [1.165, 1.54) is 5.56 Å². The molecule has 1 spiro atoms. The Labute approximate surface area is 166 Å². The molecule has 28 heavy (non-hydrogen) atoms. The van der Waals surface area contributed by atoms with Gasteiger partial charge in [-0.2, -0.15) is 0 Å². The van der Waals surface area contributed by atoms with Gasteiger partial charge in [-0.25, -0.2) is 0 Å². The smallest absolute Gasteiger partial charge is 0.292 e. The van der Waals surface area contributed by atoms with Crippen LogP contribution < -0.4 is 9.64 Å². The average Bonchev–Trinajstić information content (AvgIpc) is 3.29. The number of hydrogen-bond donors (Lipinski definition) is 0. The predicted molar refractivity (Wildman–Crippen MR) is 108 cm³/mol. The molecule has 5 heteroatoms. The number of unbranched alkanes of at least 4 members (excludes halogenated alkanes) is 1. The first kappa shape index (κ1) is 19.0. The van der Waals surface area contributed by atoms with Crippen molar-refractivity contribution in [2.75, 3.05) is 31.3 Å². The first-order valence-corrected chi connectivity index (χ1v) is 10.1. The fourth-order valence-electron chi connectivity index (χ4n) is 3.90. The first-order chi connectivity index (χ1) is 13.7. The molecule has 2 aliphatic rings. The second kappa shape index (κ2) is 7.94. The Morgan fingerprint density at radius 3 is 2.68 bits per heavy atom. The standard InChI is InChI=1S/C23H27NO4/c1-3-4-8-18-10-11-20-19(16-18)23(27-14-15-28-23)22(25)24(20)12-13-26-21-9-6-5-7-17(21)2/h5-7,9-11,16H,3-4,8,12-15H2,1-2H3. The van der Waals surface area contributed by atoms with E-state index in [0.717, 1.165) is 41.8 Å². The summed E-state index contributed by atoms with van der Waals surface area (Å²) in [6.07, 6.45) is 3.25. The maximum absolute atomic E-state index is 13.2. The molecule has 0 aromatic heterocycles. The van der Waals surface area contributed by atoms with E-state index in [1.54, 1.807) is 4.90 Å². The lowest BCUT2D eigenvalue weighted by molar-refractivity contribution is -0.180. The van der Waals surface area contributed by atoms with Crippen molar-refractivity contribution in [2.24, 2.45) is 0 Å². The van der Waals surface area contributed by atoms with Gasteiger partial charge in [-0.15, -0.1) is 0 Å². The molecule has 1 amide bonds. The summed E-state index contributed by atoms with van der Waals surface area (Å²) in [7, 11) is 0. The number of benzene rings is 2. The number of carbonyl (C=O) groups excluding carboxylic acids is 1. The number of para-hydroxylation sites is 1. The van der Waals surface area contributed by atoms with E-state index in [4.69, 9.17) is 14.2 Å². The highest BCUT2D eigenvalue weighted by atomic mass is 16.7. The van der Waals surface area contributed by atoms with Crippen LogP contribution in [0.4, 0.5) is 5.69 Å². The number of aryl methyl sites for hydroxylation is 2. The van der Waals surface area contributed by atoms with Gasteiger partial charge in [0.15, 0.2) is 0 Å². The van der Waals surface area contributed by atoms with Crippen molar-refractivity contribution in [3.63, 3.8) is 0 Å². The van der Waals surface area contributed by atoms with Crippen molar-refractivity contribution in [2.45, 2.75) is 38.9 Å². The summed E-state index contributed by atoms with van der Waals surface area (Å²) in [5.74, 6) is -0.589. The van der Waals surface area contributed by atoms with Gasteiger partial charge in [-0.3, -0.25) is 4.79 Å². The summed E-state index contributed by atoms with van der Waals surface area (Å²) in [6.45, 7) is 5.90. The van der Waals surface area contributed by atoms with Crippen molar-refractivity contribution in [3.05, 3.63) is 59.2 Å². The molecular formula is C23H27NO4. The Bertz CT molecular complexity index is 857. The Morgan fingerprint density at radius 1 is 1.14 bits per heavy atom. The van der Waals surface area contributed by atoms with Gasteiger partial charge < -0.3 is 19.1 Å². The van der Waals surface area contributed by atoms with Crippen LogP contribution in [0.15, 0.2) is 42.5 Å². The third-order valence-corrected chi connectivity index (χ3v) is 5.41. The molecule has 2 heterocycles. The van der Waals surface area contributed by atoms with Crippen LogP contribution in [-0.2, 0) is 26.5 Å². The molecule has 148 valence electrons. The summed E-state index contributed by atoms with van der Waals surface area (Å²) < 4.78 is 17.6. The van der Waals surface area contributed by atoms with E-state index in [2.05, 4.69) is 19.1 Å². The lowest BCUT2D eigenvalue weighted by Crippen LogP contribution is -2.42. The largest absolute Gasteiger partial charge is 0.491 e. The third-order valence-electron chi connectivity index (χ3n) is 5.41. The zero-order chi connectivity index (χ0) is 19.6. The minimum Gasteiger partial charge on any atom is -0.491 e. The number of rotatable bonds is 7. The Hall–Kier alpha value is -2.37. The number of hydrogen-bond acceptors (Lipinski definition) is 4. The highest BCUT2D eigenvalue weighted by Crippen LogP contribution is 2.46. The van der Waals surface area contributed by atoms with Crippen LogP contribution in [0, 0.1) is 6.92 Å². The highest BCUT2D eigenvalue weighted by Gasteiger charge is 2.56. The maximum Gasteiger partial charge on any atom is 0.292 e. The quantitative estimate of drug-likeness (QED) is 0.728. The lowest BCUT2D eigenvalue weighted by atomic mass is 10.0. The molecule has 0 atom stereocenters. The van der Waals surface area contributed by atoms with Gasteiger partial charge in [0, 0.05) is 5.56 Å². The zero-order valence-corrected chi connectivity index (χ0v) is 16.6. The van der Waals surface area contributed by atoms with Crippen LogP contribution in [0.3, 0.4) is 0 Å². The fourth-order valence-corrected chi connectivity index (χ4v) is 3.90. The van der Waals surface area contributed by atoms with Gasteiger partial charge in [0.2, 0.25) is 0 Å². The van der Waals surface area contributed by atoms with Crippen molar-refractivity contribution >= 4 is 11.6 Å². The summed E-state index contributed by atoms with van der Waals surface area (Å²) in [6, 6.07) is 14.1. The van der Waals surface area contributed by atoms with Crippen molar-refractivity contribution < 1.29 is 19.0 Å².